The lowest BCUT2D eigenvalue weighted by molar-refractivity contribution is -0.137. The van der Waals surface area contributed by atoms with Crippen molar-refractivity contribution in [2.24, 2.45) is 0 Å². The number of hydrogen-bond acceptors (Lipinski definition) is 2. The Hall–Kier alpha value is -1.84. The summed E-state index contributed by atoms with van der Waals surface area (Å²) in [4.78, 5) is 22.5. The molecule has 0 fully saturated rings. The van der Waals surface area contributed by atoms with Crippen molar-refractivity contribution in [3.63, 3.8) is 0 Å². The maximum atomic E-state index is 12.1. The van der Waals surface area contributed by atoms with Crippen molar-refractivity contribution in [2.75, 3.05) is 0 Å². The van der Waals surface area contributed by atoms with Gasteiger partial charge in [-0.1, -0.05) is 25.1 Å². The van der Waals surface area contributed by atoms with Crippen molar-refractivity contribution >= 4 is 11.9 Å². The number of carbonyl (C=O) groups is 2. The fourth-order valence-electron chi connectivity index (χ4n) is 1.98. The maximum absolute atomic E-state index is 12.1. The molecule has 1 unspecified atom stereocenters. The van der Waals surface area contributed by atoms with Gasteiger partial charge in [-0.25, -0.2) is 0 Å². The summed E-state index contributed by atoms with van der Waals surface area (Å²) in [6.07, 6.45) is 2.21. The zero-order valence-electron chi connectivity index (χ0n) is 11.5. The molecule has 0 bridgehead atoms. The van der Waals surface area contributed by atoms with Crippen molar-refractivity contribution in [1.29, 1.82) is 0 Å². The molecule has 0 aliphatic carbocycles. The van der Waals surface area contributed by atoms with E-state index in [1.54, 1.807) is 0 Å². The minimum atomic E-state index is -0.796. The largest absolute Gasteiger partial charge is 0.481 e. The second-order valence-corrected chi connectivity index (χ2v) is 4.67. The van der Waals surface area contributed by atoms with Crippen LogP contribution >= 0.6 is 0 Å². The molecule has 0 aliphatic heterocycles. The zero-order valence-corrected chi connectivity index (χ0v) is 11.5. The number of benzene rings is 1. The average Bonchev–Trinajstić information content (AvgIpc) is 2.38. The third kappa shape index (κ3) is 5.12. The van der Waals surface area contributed by atoms with Gasteiger partial charge in [0.2, 0.25) is 0 Å². The second kappa shape index (κ2) is 7.56. The summed E-state index contributed by atoms with van der Waals surface area (Å²) in [6.45, 7) is 3.91. The molecule has 1 amide bonds. The van der Waals surface area contributed by atoms with Crippen molar-refractivity contribution in [2.45, 2.75) is 45.6 Å². The fraction of sp³-hybridized carbons (Fsp3) is 0.467. The Balaban J connectivity index is 2.52. The van der Waals surface area contributed by atoms with Crippen LogP contribution in [0, 0.1) is 0 Å². The summed E-state index contributed by atoms with van der Waals surface area (Å²) in [6, 6.07) is 7.52. The van der Waals surface area contributed by atoms with Crippen LogP contribution in [0.15, 0.2) is 24.3 Å². The topological polar surface area (TPSA) is 66.4 Å². The standard InChI is InChI=1S/C15H21NO3/c1-3-12-8-4-5-9-13(12)15(19)16-11(2)7-6-10-14(17)18/h4-5,8-9,11H,3,6-7,10H2,1-2H3,(H,16,19)(H,17,18). The highest BCUT2D eigenvalue weighted by molar-refractivity contribution is 5.95. The molecule has 0 aliphatic rings. The van der Waals surface area contributed by atoms with Crippen LogP contribution in [0.3, 0.4) is 0 Å². The van der Waals surface area contributed by atoms with Crippen molar-refractivity contribution in [1.82, 2.24) is 5.32 Å². The number of carboxylic acid groups (broad SMARTS) is 1. The zero-order chi connectivity index (χ0) is 14.3. The lowest BCUT2D eigenvalue weighted by Gasteiger charge is -2.15. The van der Waals surface area contributed by atoms with Gasteiger partial charge in [-0.05, 0) is 37.8 Å². The highest BCUT2D eigenvalue weighted by Gasteiger charge is 2.12. The van der Waals surface area contributed by atoms with Gasteiger partial charge in [-0.15, -0.1) is 0 Å². The first-order chi connectivity index (χ1) is 9.04. The van der Waals surface area contributed by atoms with E-state index in [9.17, 15) is 9.59 Å². The van der Waals surface area contributed by atoms with Gasteiger partial charge < -0.3 is 10.4 Å². The van der Waals surface area contributed by atoms with Crippen LogP contribution < -0.4 is 5.32 Å². The predicted octanol–water partition coefficient (Wildman–Crippen LogP) is 2.62. The van der Waals surface area contributed by atoms with Gasteiger partial charge in [-0.2, -0.15) is 0 Å². The van der Waals surface area contributed by atoms with Gasteiger partial charge in [0, 0.05) is 18.0 Å². The molecule has 1 atom stereocenters. The Labute approximate surface area is 113 Å². The van der Waals surface area contributed by atoms with Gasteiger partial charge in [0.05, 0.1) is 0 Å². The summed E-state index contributed by atoms with van der Waals surface area (Å²) in [7, 11) is 0. The first-order valence-corrected chi connectivity index (χ1v) is 6.65. The molecule has 0 heterocycles. The summed E-state index contributed by atoms with van der Waals surface area (Å²) in [5.74, 6) is -0.880. The molecule has 0 radical (unpaired) electrons. The summed E-state index contributed by atoms with van der Waals surface area (Å²) in [5, 5.41) is 11.5. The molecular weight excluding hydrogens is 242 g/mol. The predicted molar refractivity (Wildman–Crippen MR) is 74.2 cm³/mol. The van der Waals surface area contributed by atoms with Crippen LogP contribution in [0.1, 0.15) is 49.0 Å². The molecular formula is C15H21NO3. The van der Waals surface area contributed by atoms with Gasteiger partial charge in [0.1, 0.15) is 0 Å². The van der Waals surface area contributed by atoms with Gasteiger partial charge in [-0.3, -0.25) is 9.59 Å². The van der Waals surface area contributed by atoms with E-state index in [0.717, 1.165) is 12.0 Å². The average molecular weight is 263 g/mol. The highest BCUT2D eigenvalue weighted by Crippen LogP contribution is 2.10. The number of rotatable bonds is 7. The number of nitrogens with one attached hydrogen (secondary N) is 1. The molecule has 2 N–H and O–H groups in total. The van der Waals surface area contributed by atoms with Gasteiger partial charge in [0.15, 0.2) is 0 Å². The van der Waals surface area contributed by atoms with E-state index in [1.807, 2.05) is 38.1 Å². The monoisotopic (exact) mass is 263 g/mol. The second-order valence-electron chi connectivity index (χ2n) is 4.67. The van der Waals surface area contributed by atoms with E-state index in [4.69, 9.17) is 5.11 Å². The lowest BCUT2D eigenvalue weighted by atomic mass is 10.0. The minimum Gasteiger partial charge on any atom is -0.481 e. The van der Waals surface area contributed by atoms with E-state index < -0.39 is 5.97 Å². The molecule has 0 saturated carbocycles. The van der Waals surface area contributed by atoms with Crippen LogP contribution in [0.5, 0.6) is 0 Å². The van der Waals surface area contributed by atoms with Crippen LogP contribution in [0.25, 0.3) is 0 Å². The molecule has 4 nitrogen and oxygen atoms in total. The molecule has 1 rings (SSSR count). The third-order valence-electron chi connectivity index (χ3n) is 3.05. The normalized spacial score (nSPS) is 11.9. The summed E-state index contributed by atoms with van der Waals surface area (Å²) in [5.41, 5.74) is 1.73. The number of aliphatic carboxylic acids is 1. The first-order valence-electron chi connectivity index (χ1n) is 6.65. The van der Waals surface area contributed by atoms with Gasteiger partial charge in [0.25, 0.3) is 5.91 Å². The number of amides is 1. The molecule has 4 heteroatoms. The van der Waals surface area contributed by atoms with Crippen molar-refractivity contribution < 1.29 is 14.7 Å². The Morgan fingerprint density at radius 2 is 2.00 bits per heavy atom. The van der Waals surface area contributed by atoms with Crippen LogP contribution in [0.2, 0.25) is 0 Å². The van der Waals surface area contributed by atoms with Crippen LogP contribution in [-0.2, 0) is 11.2 Å². The Bertz CT molecular complexity index is 443. The first kappa shape index (κ1) is 15.2. The van der Waals surface area contributed by atoms with E-state index in [0.29, 0.717) is 18.4 Å². The fourth-order valence-corrected chi connectivity index (χ4v) is 1.98. The van der Waals surface area contributed by atoms with Crippen molar-refractivity contribution in [3.8, 4) is 0 Å². The van der Waals surface area contributed by atoms with E-state index in [-0.39, 0.29) is 18.4 Å². The Morgan fingerprint density at radius 3 is 2.63 bits per heavy atom. The van der Waals surface area contributed by atoms with E-state index in [1.165, 1.54) is 0 Å². The smallest absolute Gasteiger partial charge is 0.303 e. The number of carbonyl (C=O) groups excluding carboxylic acids is 1. The number of carboxylic acids is 1. The molecule has 19 heavy (non-hydrogen) atoms. The van der Waals surface area contributed by atoms with E-state index in [2.05, 4.69) is 5.32 Å². The third-order valence-corrected chi connectivity index (χ3v) is 3.05. The minimum absolute atomic E-state index is 0.0169. The number of hydrogen-bond donors (Lipinski definition) is 2. The highest BCUT2D eigenvalue weighted by atomic mass is 16.4. The lowest BCUT2D eigenvalue weighted by Crippen LogP contribution is -2.33. The maximum Gasteiger partial charge on any atom is 0.303 e. The Morgan fingerprint density at radius 1 is 1.32 bits per heavy atom. The molecule has 104 valence electrons. The van der Waals surface area contributed by atoms with Gasteiger partial charge >= 0.3 is 5.97 Å². The van der Waals surface area contributed by atoms with E-state index >= 15 is 0 Å². The van der Waals surface area contributed by atoms with Crippen LogP contribution in [-0.4, -0.2) is 23.0 Å². The molecule has 0 spiro atoms. The SMILES string of the molecule is CCc1ccccc1C(=O)NC(C)CCCC(=O)O. The molecule has 0 aromatic heterocycles. The van der Waals surface area contributed by atoms with Crippen LogP contribution in [0.4, 0.5) is 0 Å². The molecule has 1 aromatic carbocycles. The Kier molecular flexibility index (Phi) is 6.06. The molecule has 0 saturated heterocycles. The van der Waals surface area contributed by atoms with Crippen molar-refractivity contribution in [3.05, 3.63) is 35.4 Å². The number of aryl methyl sites for hydroxylation is 1. The summed E-state index contributed by atoms with van der Waals surface area (Å²) >= 11 is 0. The summed E-state index contributed by atoms with van der Waals surface area (Å²) < 4.78 is 0. The quantitative estimate of drug-likeness (QED) is 0.794. The molecule has 1 aromatic rings.